The molecule has 1 N–H and O–H groups in total. The molecule has 2 aromatic rings. The van der Waals surface area contributed by atoms with E-state index in [1.807, 2.05) is 23.9 Å². The normalized spacial score (nSPS) is 13.8. The van der Waals surface area contributed by atoms with Gasteiger partial charge in [0.25, 0.3) is 0 Å². The second-order valence-electron chi connectivity index (χ2n) is 4.85. The van der Waals surface area contributed by atoms with Gasteiger partial charge in [-0.05, 0) is 37.1 Å². The summed E-state index contributed by atoms with van der Waals surface area (Å²) in [5.41, 5.74) is 1.28. The Kier molecular flexibility index (Phi) is 3.68. The molecule has 0 saturated carbocycles. The van der Waals surface area contributed by atoms with E-state index in [1.54, 1.807) is 31.3 Å². The van der Waals surface area contributed by atoms with Crippen LogP contribution in [0.5, 0.6) is 0 Å². The lowest BCUT2D eigenvalue weighted by molar-refractivity contribution is 0.0576. The molecule has 1 heterocycles. The number of nitriles is 1. The molecule has 0 aliphatic carbocycles. The summed E-state index contributed by atoms with van der Waals surface area (Å²) in [6.07, 6.45) is 4.18. The van der Waals surface area contributed by atoms with Crippen LogP contribution in [0.1, 0.15) is 30.5 Å². The third-order valence-electron chi connectivity index (χ3n) is 3.17. The van der Waals surface area contributed by atoms with Crippen molar-refractivity contribution in [3.8, 4) is 6.07 Å². The largest absolute Gasteiger partial charge is 0.385 e. The SMILES string of the molecule is CCn1cc(CC(C)(O)c2cccc(C#N)c2)cn1. The second-order valence-corrected chi connectivity index (χ2v) is 4.85. The monoisotopic (exact) mass is 255 g/mol. The lowest BCUT2D eigenvalue weighted by atomic mass is 9.89. The van der Waals surface area contributed by atoms with Crippen LogP contribution in [0, 0.1) is 11.3 Å². The summed E-state index contributed by atoms with van der Waals surface area (Å²) in [4.78, 5) is 0. The van der Waals surface area contributed by atoms with Crippen molar-refractivity contribution < 1.29 is 5.11 Å². The molecule has 0 spiro atoms. The van der Waals surface area contributed by atoms with E-state index in [-0.39, 0.29) is 0 Å². The molecule has 0 amide bonds. The van der Waals surface area contributed by atoms with Crippen LogP contribution in [-0.2, 0) is 18.6 Å². The molecule has 2 rings (SSSR count). The highest BCUT2D eigenvalue weighted by molar-refractivity contribution is 5.36. The predicted octanol–water partition coefficient (Wildman–Crippen LogP) is 2.22. The van der Waals surface area contributed by atoms with Crippen molar-refractivity contribution in [3.63, 3.8) is 0 Å². The van der Waals surface area contributed by atoms with Gasteiger partial charge in [0.15, 0.2) is 0 Å². The molecule has 0 fully saturated rings. The Bertz CT molecular complexity index is 608. The van der Waals surface area contributed by atoms with Crippen molar-refractivity contribution in [1.82, 2.24) is 9.78 Å². The molecule has 98 valence electrons. The zero-order valence-electron chi connectivity index (χ0n) is 11.2. The van der Waals surface area contributed by atoms with E-state index in [2.05, 4.69) is 11.2 Å². The Labute approximate surface area is 112 Å². The molecule has 1 aromatic carbocycles. The molecule has 19 heavy (non-hydrogen) atoms. The van der Waals surface area contributed by atoms with Crippen molar-refractivity contribution in [3.05, 3.63) is 53.3 Å². The van der Waals surface area contributed by atoms with Crippen molar-refractivity contribution in [2.24, 2.45) is 0 Å². The van der Waals surface area contributed by atoms with Crippen LogP contribution in [-0.4, -0.2) is 14.9 Å². The summed E-state index contributed by atoms with van der Waals surface area (Å²) in [7, 11) is 0. The number of benzene rings is 1. The number of aromatic nitrogens is 2. The Morgan fingerprint density at radius 1 is 1.47 bits per heavy atom. The van der Waals surface area contributed by atoms with Gasteiger partial charge in [-0.1, -0.05) is 12.1 Å². The molecule has 0 bridgehead atoms. The van der Waals surface area contributed by atoms with Crippen LogP contribution >= 0.6 is 0 Å². The van der Waals surface area contributed by atoms with Crippen LogP contribution in [0.25, 0.3) is 0 Å². The molecular formula is C15H17N3O. The van der Waals surface area contributed by atoms with Gasteiger partial charge in [0, 0.05) is 19.2 Å². The minimum Gasteiger partial charge on any atom is -0.385 e. The first kappa shape index (κ1) is 13.3. The number of nitrogens with zero attached hydrogens (tertiary/aromatic N) is 3. The Hall–Kier alpha value is -2.12. The molecule has 4 nitrogen and oxygen atoms in total. The standard InChI is InChI=1S/C15H17N3O/c1-3-18-11-13(10-17-18)8-15(2,19)14-6-4-5-12(7-14)9-16/h4-7,10-11,19H,3,8H2,1-2H3. The summed E-state index contributed by atoms with van der Waals surface area (Å²) < 4.78 is 1.83. The molecular weight excluding hydrogens is 238 g/mol. The molecule has 0 aliphatic rings. The van der Waals surface area contributed by atoms with Gasteiger partial charge >= 0.3 is 0 Å². The fourth-order valence-corrected chi connectivity index (χ4v) is 2.09. The zero-order valence-corrected chi connectivity index (χ0v) is 11.2. The van der Waals surface area contributed by atoms with Gasteiger partial charge in [0.2, 0.25) is 0 Å². The van der Waals surface area contributed by atoms with Gasteiger partial charge in [0.05, 0.1) is 23.4 Å². The fourth-order valence-electron chi connectivity index (χ4n) is 2.09. The van der Waals surface area contributed by atoms with E-state index < -0.39 is 5.60 Å². The highest BCUT2D eigenvalue weighted by Crippen LogP contribution is 2.25. The number of hydrogen-bond acceptors (Lipinski definition) is 3. The van der Waals surface area contributed by atoms with E-state index in [1.165, 1.54) is 0 Å². The van der Waals surface area contributed by atoms with Crippen LogP contribution in [0.15, 0.2) is 36.7 Å². The fraction of sp³-hybridized carbons (Fsp3) is 0.333. The Morgan fingerprint density at radius 2 is 2.26 bits per heavy atom. The number of aliphatic hydroxyl groups is 1. The zero-order chi connectivity index (χ0) is 13.9. The van der Waals surface area contributed by atoms with Crippen molar-refractivity contribution in [2.75, 3.05) is 0 Å². The highest BCUT2D eigenvalue weighted by Gasteiger charge is 2.24. The first-order valence-corrected chi connectivity index (χ1v) is 6.29. The summed E-state index contributed by atoms with van der Waals surface area (Å²) in [5.74, 6) is 0. The van der Waals surface area contributed by atoms with Gasteiger partial charge in [0.1, 0.15) is 0 Å². The maximum Gasteiger partial charge on any atom is 0.0991 e. The van der Waals surface area contributed by atoms with E-state index >= 15 is 0 Å². The summed E-state index contributed by atoms with van der Waals surface area (Å²) >= 11 is 0. The van der Waals surface area contributed by atoms with E-state index in [9.17, 15) is 5.11 Å². The van der Waals surface area contributed by atoms with E-state index in [0.717, 1.165) is 17.7 Å². The quantitative estimate of drug-likeness (QED) is 0.911. The first-order valence-electron chi connectivity index (χ1n) is 6.29. The van der Waals surface area contributed by atoms with Gasteiger partial charge in [-0.25, -0.2) is 0 Å². The molecule has 0 aliphatic heterocycles. The smallest absolute Gasteiger partial charge is 0.0991 e. The maximum atomic E-state index is 10.6. The van der Waals surface area contributed by atoms with Gasteiger partial charge < -0.3 is 5.11 Å². The summed E-state index contributed by atoms with van der Waals surface area (Å²) in [5, 5.41) is 23.7. The van der Waals surface area contributed by atoms with Crippen LogP contribution in [0.3, 0.4) is 0 Å². The molecule has 1 atom stereocenters. The maximum absolute atomic E-state index is 10.6. The number of hydrogen-bond donors (Lipinski definition) is 1. The van der Waals surface area contributed by atoms with Gasteiger partial charge in [-0.3, -0.25) is 4.68 Å². The van der Waals surface area contributed by atoms with Gasteiger partial charge in [-0.2, -0.15) is 10.4 Å². The minimum atomic E-state index is -1.01. The van der Waals surface area contributed by atoms with Crippen LogP contribution in [0.4, 0.5) is 0 Å². The van der Waals surface area contributed by atoms with Crippen LogP contribution < -0.4 is 0 Å². The average molecular weight is 255 g/mol. The Morgan fingerprint density at radius 3 is 2.89 bits per heavy atom. The number of rotatable bonds is 4. The van der Waals surface area contributed by atoms with Crippen molar-refractivity contribution in [1.29, 1.82) is 5.26 Å². The average Bonchev–Trinajstić information content (AvgIpc) is 2.85. The third-order valence-corrected chi connectivity index (χ3v) is 3.17. The minimum absolute atomic E-state index is 0.474. The predicted molar refractivity (Wildman–Crippen MR) is 72.3 cm³/mol. The lowest BCUT2D eigenvalue weighted by Gasteiger charge is -2.23. The summed E-state index contributed by atoms with van der Waals surface area (Å²) in [6, 6.07) is 9.17. The molecule has 0 radical (unpaired) electrons. The number of aryl methyl sites for hydroxylation is 1. The molecule has 0 saturated heterocycles. The van der Waals surface area contributed by atoms with E-state index in [0.29, 0.717) is 12.0 Å². The van der Waals surface area contributed by atoms with Crippen molar-refractivity contribution in [2.45, 2.75) is 32.4 Å². The lowest BCUT2D eigenvalue weighted by Crippen LogP contribution is -2.24. The molecule has 4 heteroatoms. The topological polar surface area (TPSA) is 61.8 Å². The second kappa shape index (κ2) is 5.25. The van der Waals surface area contributed by atoms with Crippen LogP contribution in [0.2, 0.25) is 0 Å². The first-order chi connectivity index (χ1) is 9.05. The Balaban J connectivity index is 2.23. The van der Waals surface area contributed by atoms with E-state index in [4.69, 9.17) is 5.26 Å². The highest BCUT2D eigenvalue weighted by atomic mass is 16.3. The third kappa shape index (κ3) is 3.01. The van der Waals surface area contributed by atoms with Crippen molar-refractivity contribution >= 4 is 0 Å². The molecule has 1 unspecified atom stereocenters. The summed E-state index contributed by atoms with van der Waals surface area (Å²) in [6.45, 7) is 4.59. The van der Waals surface area contributed by atoms with Gasteiger partial charge in [-0.15, -0.1) is 0 Å². The molecule has 1 aromatic heterocycles.